The third-order valence-electron chi connectivity index (χ3n) is 6.96. The van der Waals surface area contributed by atoms with Crippen LogP contribution in [-0.4, -0.2) is 78.6 Å². The molecule has 2 aromatic heterocycles. The van der Waals surface area contributed by atoms with Crippen molar-refractivity contribution in [1.29, 1.82) is 0 Å². The van der Waals surface area contributed by atoms with Crippen molar-refractivity contribution in [3.05, 3.63) is 59.2 Å². The van der Waals surface area contributed by atoms with Crippen LogP contribution in [0.25, 0.3) is 11.1 Å². The lowest BCUT2D eigenvalue weighted by molar-refractivity contribution is -0.0936. The molecule has 45 heavy (non-hydrogen) atoms. The highest BCUT2D eigenvalue weighted by Gasteiger charge is 2.44. The van der Waals surface area contributed by atoms with Gasteiger partial charge in [-0.25, -0.2) is 32.5 Å². The highest BCUT2D eigenvalue weighted by Crippen LogP contribution is 2.42. The largest absolute Gasteiger partial charge is 0.494 e. The monoisotopic (exact) mass is 643 g/mol. The fourth-order valence-electron chi connectivity index (χ4n) is 4.59. The van der Waals surface area contributed by atoms with Gasteiger partial charge >= 0.3 is 0 Å². The normalized spacial score (nSPS) is 14.1. The summed E-state index contributed by atoms with van der Waals surface area (Å²) in [5.74, 6) is 2.55. The third kappa shape index (κ3) is 9.00. The molecule has 1 saturated carbocycles. The number of aliphatic imine (C=N–C) groups is 1. The number of aromatic nitrogens is 3. The molecule has 2 N–H and O–H groups in total. The first-order valence-electron chi connectivity index (χ1n) is 14.0. The van der Waals surface area contributed by atoms with Crippen LogP contribution < -0.4 is 15.4 Å². The van der Waals surface area contributed by atoms with Gasteiger partial charge in [0.15, 0.2) is 5.82 Å². The summed E-state index contributed by atoms with van der Waals surface area (Å²) in [6, 6.07) is 6.48. The first kappa shape index (κ1) is 33.8. The number of methoxy groups -OCH3 is 1. The molecule has 0 spiro atoms. The van der Waals surface area contributed by atoms with Crippen LogP contribution in [0.1, 0.15) is 46.6 Å². The van der Waals surface area contributed by atoms with E-state index in [0.717, 1.165) is 30.4 Å². The first-order chi connectivity index (χ1) is 21.5. The number of nitrogens with one attached hydrogen (secondary N) is 2. The highest BCUT2D eigenvalue weighted by molar-refractivity contribution is 7.99. The number of hydrogen-bond acceptors (Lipinski definition) is 9. The topological polar surface area (TPSA) is 105 Å². The maximum absolute atomic E-state index is 13.6. The molecule has 0 radical (unpaired) electrons. The van der Waals surface area contributed by atoms with Crippen molar-refractivity contribution in [3.8, 4) is 28.7 Å². The van der Waals surface area contributed by atoms with Gasteiger partial charge in [0.25, 0.3) is 18.3 Å². The summed E-state index contributed by atoms with van der Waals surface area (Å²) < 4.78 is 58.9. The number of alkyl halides is 4. The number of halogens is 4. The Morgan fingerprint density at radius 3 is 2.69 bits per heavy atom. The van der Waals surface area contributed by atoms with E-state index in [9.17, 15) is 22.4 Å². The molecular weight excluding hydrogens is 610 g/mol. The number of carbonyl (C=O) groups excluding carboxylic acids is 1. The smallest absolute Gasteiger partial charge is 0.280 e. The van der Waals surface area contributed by atoms with Gasteiger partial charge in [-0.15, -0.1) is 0 Å². The lowest BCUT2D eigenvalue weighted by Crippen LogP contribution is -2.34. The minimum absolute atomic E-state index is 0.0471. The zero-order valence-electron chi connectivity index (χ0n) is 25.0. The molecule has 4 rings (SSSR count). The van der Waals surface area contributed by atoms with E-state index in [0.29, 0.717) is 22.7 Å². The van der Waals surface area contributed by atoms with Gasteiger partial charge in [0.1, 0.15) is 22.2 Å². The molecule has 1 aliphatic rings. The Labute approximate surface area is 263 Å². The summed E-state index contributed by atoms with van der Waals surface area (Å²) >= 11 is 1.12. The number of benzene rings is 1. The third-order valence-corrected chi connectivity index (χ3v) is 7.79. The van der Waals surface area contributed by atoms with E-state index in [4.69, 9.17) is 4.74 Å². The second kappa shape index (κ2) is 15.3. The van der Waals surface area contributed by atoms with Crippen molar-refractivity contribution in [1.82, 2.24) is 30.5 Å². The minimum atomic E-state index is -2.82. The van der Waals surface area contributed by atoms with Crippen molar-refractivity contribution in [2.24, 2.45) is 10.9 Å². The zero-order valence-corrected chi connectivity index (χ0v) is 25.9. The lowest BCUT2D eigenvalue weighted by Gasteiger charge is -2.31. The molecule has 1 aromatic carbocycles. The Morgan fingerprint density at radius 1 is 1.24 bits per heavy atom. The van der Waals surface area contributed by atoms with E-state index in [-0.39, 0.29) is 41.5 Å². The average Bonchev–Trinajstić information content (AvgIpc) is 3.01. The number of hydrogen-bond donors (Lipinski definition) is 2. The Bertz CT molecular complexity index is 1590. The van der Waals surface area contributed by atoms with E-state index in [1.807, 2.05) is 20.2 Å². The van der Waals surface area contributed by atoms with Crippen LogP contribution >= 0.6 is 11.8 Å². The standard InChI is InChI=1S/C31H33F4N7O2S/c1-36-9-10-42(3)17-19-6-8-22(23(11-19)24-12-25(27(32)33)38-16-26(24)44-4)29(43)40-18-45-30-28(37-2)39-15-21(41-30)7-5-20-13-31(34,35)14-20/h6,8,11-12,15-16,20,27,36H,2,9-10,13-14,17-18H2,1,3-4H3,(H,40,43). The summed E-state index contributed by atoms with van der Waals surface area (Å²) in [5, 5.41) is 6.26. The number of ether oxygens (including phenoxy) is 1. The van der Waals surface area contributed by atoms with Gasteiger partial charge in [-0.3, -0.25) is 9.78 Å². The highest BCUT2D eigenvalue weighted by atomic mass is 32.2. The summed E-state index contributed by atoms with van der Waals surface area (Å²) in [5.41, 5.74) is 1.66. The molecule has 14 heteroatoms. The van der Waals surface area contributed by atoms with Crippen molar-refractivity contribution in [2.75, 3.05) is 40.2 Å². The number of thioether (sulfide) groups is 1. The van der Waals surface area contributed by atoms with Crippen molar-refractivity contribution in [2.45, 2.75) is 36.8 Å². The molecule has 1 fully saturated rings. The molecule has 238 valence electrons. The van der Waals surface area contributed by atoms with Gasteiger partial charge in [0, 0.05) is 49.5 Å². The fourth-order valence-corrected chi connectivity index (χ4v) is 5.34. The molecule has 0 aliphatic heterocycles. The van der Waals surface area contributed by atoms with Gasteiger partial charge in [-0.1, -0.05) is 23.7 Å². The van der Waals surface area contributed by atoms with Gasteiger partial charge in [-0.05, 0) is 56.1 Å². The van der Waals surface area contributed by atoms with Gasteiger partial charge in [0.2, 0.25) is 0 Å². The Hall–Kier alpha value is -4.06. The van der Waals surface area contributed by atoms with E-state index in [1.54, 1.807) is 12.1 Å². The van der Waals surface area contributed by atoms with Gasteiger partial charge in [-0.2, -0.15) is 0 Å². The number of pyridine rings is 1. The van der Waals surface area contributed by atoms with Crippen LogP contribution in [-0.2, 0) is 6.54 Å². The lowest BCUT2D eigenvalue weighted by atomic mass is 9.82. The summed E-state index contributed by atoms with van der Waals surface area (Å²) in [6.45, 7) is 5.60. The quantitative estimate of drug-likeness (QED) is 0.0846. The molecule has 0 saturated heterocycles. The average molecular weight is 644 g/mol. The van der Waals surface area contributed by atoms with Gasteiger partial charge < -0.3 is 20.3 Å². The first-order valence-corrected chi connectivity index (χ1v) is 14.9. The second-order valence-corrected chi connectivity index (χ2v) is 11.4. The van der Waals surface area contributed by atoms with E-state index >= 15 is 0 Å². The molecule has 0 bridgehead atoms. The van der Waals surface area contributed by atoms with Crippen LogP contribution in [0.15, 0.2) is 46.7 Å². The summed E-state index contributed by atoms with van der Waals surface area (Å²) in [7, 11) is 5.22. The number of amides is 1. The molecular formula is C31H33F4N7O2S. The molecule has 9 nitrogen and oxygen atoms in total. The van der Waals surface area contributed by atoms with E-state index in [2.05, 4.69) is 54.0 Å². The molecule has 1 amide bonds. The number of carbonyl (C=O) groups is 1. The van der Waals surface area contributed by atoms with Crippen LogP contribution in [0, 0.1) is 17.8 Å². The van der Waals surface area contributed by atoms with Crippen LogP contribution in [0.5, 0.6) is 5.75 Å². The van der Waals surface area contributed by atoms with Crippen LogP contribution in [0.4, 0.5) is 23.4 Å². The van der Waals surface area contributed by atoms with Crippen LogP contribution in [0.3, 0.4) is 0 Å². The SMILES string of the molecule is C=Nc1ncc(C#CC2CC(F)(F)C2)nc1SCNC(=O)c1ccc(CN(C)CCNC)cc1-c1cc(C(F)F)ncc1OC. The maximum atomic E-state index is 13.6. The maximum Gasteiger partial charge on any atom is 0.280 e. The van der Waals surface area contributed by atoms with Crippen molar-refractivity contribution < 1.29 is 27.1 Å². The van der Waals surface area contributed by atoms with Crippen LogP contribution in [0.2, 0.25) is 0 Å². The fraction of sp³-hybridized carbons (Fsp3) is 0.387. The van der Waals surface area contributed by atoms with Crippen molar-refractivity contribution >= 4 is 30.2 Å². The molecule has 0 unspecified atom stereocenters. The summed E-state index contributed by atoms with van der Waals surface area (Å²) in [6.07, 6.45) is -0.773. The molecule has 2 heterocycles. The molecule has 1 aliphatic carbocycles. The summed E-state index contributed by atoms with van der Waals surface area (Å²) in [4.78, 5) is 31.8. The number of rotatable bonds is 13. The number of nitrogens with zero attached hydrogens (tertiary/aromatic N) is 5. The predicted octanol–water partition coefficient (Wildman–Crippen LogP) is 5.34. The minimum Gasteiger partial charge on any atom is -0.494 e. The zero-order chi connectivity index (χ0) is 32.6. The number of likely N-dealkylation sites (N-methyl/N-ethyl adjacent to an activating group) is 2. The molecule has 0 atom stereocenters. The second-order valence-electron chi connectivity index (χ2n) is 10.4. The van der Waals surface area contributed by atoms with Crippen molar-refractivity contribution in [3.63, 3.8) is 0 Å². The van der Waals surface area contributed by atoms with E-state index < -0.39 is 29.9 Å². The van der Waals surface area contributed by atoms with E-state index in [1.165, 1.54) is 25.6 Å². The Kier molecular flexibility index (Phi) is 11.5. The Balaban J connectivity index is 1.56. The van der Waals surface area contributed by atoms with Gasteiger partial charge in [0.05, 0.1) is 25.4 Å². The molecule has 3 aromatic rings. The predicted molar refractivity (Wildman–Crippen MR) is 165 cm³/mol. The Morgan fingerprint density at radius 2 is 2.02 bits per heavy atom.